The summed E-state index contributed by atoms with van der Waals surface area (Å²) in [7, 11) is 0. The van der Waals surface area contributed by atoms with Crippen LogP contribution in [0.25, 0.3) is 93.9 Å². The van der Waals surface area contributed by atoms with Crippen LogP contribution in [0.15, 0.2) is 296 Å². The Balaban J connectivity index is 0.828. The van der Waals surface area contributed by atoms with E-state index in [4.69, 9.17) is 4.42 Å². The maximum atomic E-state index is 6.17. The molecule has 0 saturated heterocycles. The number of anilines is 3. The molecular formula is C73H48N2O. The third kappa shape index (κ3) is 6.90. The van der Waals surface area contributed by atoms with E-state index in [0.29, 0.717) is 0 Å². The first-order valence-corrected chi connectivity index (χ1v) is 26.1. The summed E-state index contributed by atoms with van der Waals surface area (Å²) in [5.41, 5.74) is 22.7. The third-order valence-corrected chi connectivity index (χ3v) is 15.9. The van der Waals surface area contributed by atoms with Gasteiger partial charge in [0.05, 0.1) is 16.4 Å². The molecule has 3 nitrogen and oxygen atoms in total. The average Bonchev–Trinajstić information content (AvgIpc) is 4.28. The molecule has 2 heterocycles. The van der Waals surface area contributed by atoms with Crippen molar-refractivity contribution in [2.24, 2.45) is 0 Å². The fourth-order valence-corrected chi connectivity index (χ4v) is 12.4. The lowest BCUT2D eigenvalue weighted by Crippen LogP contribution is -2.28. The summed E-state index contributed by atoms with van der Waals surface area (Å²) < 4.78 is 8.55. The van der Waals surface area contributed by atoms with Crippen molar-refractivity contribution >= 4 is 60.8 Å². The molecule has 356 valence electrons. The van der Waals surface area contributed by atoms with Crippen molar-refractivity contribution in [1.82, 2.24) is 4.57 Å². The quantitative estimate of drug-likeness (QED) is 0.144. The number of benzene rings is 12. The smallest absolute Gasteiger partial charge is 0.135 e. The minimum absolute atomic E-state index is 0.481. The molecule has 0 atom stereocenters. The molecule has 2 aromatic heterocycles. The zero-order valence-corrected chi connectivity index (χ0v) is 41.5. The van der Waals surface area contributed by atoms with Crippen molar-refractivity contribution < 1.29 is 4.42 Å². The number of furan rings is 1. The number of aromatic nitrogens is 1. The van der Waals surface area contributed by atoms with Crippen molar-refractivity contribution in [3.63, 3.8) is 0 Å². The number of hydrogen-bond acceptors (Lipinski definition) is 2. The predicted molar refractivity (Wildman–Crippen MR) is 316 cm³/mol. The SMILES string of the molecule is c1ccc(C2(c3ccccc3)c3ccccc3-c3cc(N(c4ccc(-c5ccc(-n6c7ccccc7c7ccccc76)cc5)cc4)c4ccc(-c5cccc(-c6ccc7oc8ccccc8c7c6)c5)cc4)ccc32)cc1. The summed E-state index contributed by atoms with van der Waals surface area (Å²) in [6, 6.07) is 106. The van der Waals surface area contributed by atoms with Gasteiger partial charge in [-0.15, -0.1) is 0 Å². The van der Waals surface area contributed by atoms with Gasteiger partial charge in [0.15, 0.2) is 0 Å². The lowest BCUT2D eigenvalue weighted by molar-refractivity contribution is 0.669. The molecule has 0 spiro atoms. The lowest BCUT2D eigenvalue weighted by Gasteiger charge is -2.34. The lowest BCUT2D eigenvalue weighted by atomic mass is 9.68. The van der Waals surface area contributed by atoms with Crippen LogP contribution in [0, 0.1) is 0 Å². The standard InChI is InChI=1S/C73H48N2O/c1-3-18-55(19-4-1)73(56-20-5-2-6-21-56)67-26-11-7-22-61(67)65-48-60(43-44-68(65)73)74(57-37-30-49(31-38-57)50-32-41-59(42-33-50)75-69-27-12-8-23-62(69)63-24-9-13-28-70(63)75)58-39-34-51(35-40-58)52-16-15-17-53(46-52)54-36-45-72-66(47-54)64-25-10-14-29-71(64)76-72/h1-48H. The minimum atomic E-state index is -0.481. The highest BCUT2D eigenvalue weighted by Gasteiger charge is 2.46. The van der Waals surface area contributed by atoms with Gasteiger partial charge in [0, 0.05) is 44.3 Å². The van der Waals surface area contributed by atoms with Gasteiger partial charge in [-0.2, -0.15) is 0 Å². The fourth-order valence-electron chi connectivity index (χ4n) is 12.4. The summed E-state index contributed by atoms with van der Waals surface area (Å²) in [5, 5.41) is 4.79. The van der Waals surface area contributed by atoms with Gasteiger partial charge in [0.1, 0.15) is 11.2 Å². The van der Waals surface area contributed by atoms with Gasteiger partial charge in [-0.05, 0) is 152 Å². The summed E-state index contributed by atoms with van der Waals surface area (Å²) in [6.07, 6.45) is 0. The normalized spacial score (nSPS) is 12.6. The molecule has 0 unspecified atom stereocenters. The molecule has 0 amide bonds. The van der Waals surface area contributed by atoms with Crippen molar-refractivity contribution in [3.05, 3.63) is 313 Å². The summed E-state index contributed by atoms with van der Waals surface area (Å²) >= 11 is 0. The van der Waals surface area contributed by atoms with Gasteiger partial charge in [-0.3, -0.25) is 0 Å². The number of fused-ring (bicyclic) bond motifs is 9. The van der Waals surface area contributed by atoms with Gasteiger partial charge >= 0.3 is 0 Å². The van der Waals surface area contributed by atoms with E-state index in [0.717, 1.165) is 72.5 Å². The van der Waals surface area contributed by atoms with Crippen LogP contribution in [0.1, 0.15) is 22.3 Å². The van der Waals surface area contributed by atoms with Crippen molar-refractivity contribution in [3.8, 4) is 50.2 Å². The van der Waals surface area contributed by atoms with Gasteiger partial charge < -0.3 is 13.9 Å². The highest BCUT2D eigenvalue weighted by molar-refractivity contribution is 6.09. The van der Waals surface area contributed by atoms with Gasteiger partial charge in [-0.25, -0.2) is 0 Å². The fraction of sp³-hybridized carbons (Fsp3) is 0.0137. The summed E-state index contributed by atoms with van der Waals surface area (Å²) in [5.74, 6) is 0. The minimum Gasteiger partial charge on any atom is -0.456 e. The van der Waals surface area contributed by atoms with Crippen molar-refractivity contribution in [1.29, 1.82) is 0 Å². The van der Waals surface area contributed by atoms with Crippen molar-refractivity contribution in [2.45, 2.75) is 5.41 Å². The Morgan fingerprint density at radius 3 is 1.42 bits per heavy atom. The van der Waals surface area contributed by atoms with E-state index < -0.39 is 5.41 Å². The molecule has 12 aromatic carbocycles. The maximum absolute atomic E-state index is 6.17. The first kappa shape index (κ1) is 43.6. The highest BCUT2D eigenvalue weighted by atomic mass is 16.3. The van der Waals surface area contributed by atoms with Gasteiger partial charge in [-0.1, -0.05) is 206 Å². The Bertz CT molecular complexity index is 4400. The van der Waals surface area contributed by atoms with Crippen LogP contribution in [0.4, 0.5) is 17.1 Å². The first-order valence-electron chi connectivity index (χ1n) is 26.1. The maximum Gasteiger partial charge on any atom is 0.135 e. The number of para-hydroxylation sites is 3. The van der Waals surface area contributed by atoms with E-state index >= 15 is 0 Å². The van der Waals surface area contributed by atoms with Crippen LogP contribution in [0.3, 0.4) is 0 Å². The van der Waals surface area contributed by atoms with E-state index in [1.54, 1.807) is 0 Å². The van der Waals surface area contributed by atoms with Gasteiger partial charge in [0.2, 0.25) is 0 Å². The molecule has 14 aromatic rings. The Morgan fingerprint density at radius 2 is 0.763 bits per heavy atom. The molecule has 0 radical (unpaired) electrons. The number of rotatable bonds is 9. The second kappa shape index (κ2) is 17.6. The number of nitrogens with zero attached hydrogens (tertiary/aromatic N) is 2. The largest absolute Gasteiger partial charge is 0.456 e. The Labute approximate surface area is 441 Å². The Morgan fingerprint density at radius 1 is 0.289 bits per heavy atom. The molecule has 1 aliphatic rings. The summed E-state index contributed by atoms with van der Waals surface area (Å²) in [4.78, 5) is 2.41. The molecule has 15 rings (SSSR count). The van der Waals surface area contributed by atoms with Crippen LogP contribution in [-0.4, -0.2) is 4.57 Å². The first-order chi connectivity index (χ1) is 37.7. The monoisotopic (exact) mass is 968 g/mol. The molecule has 0 N–H and O–H groups in total. The molecule has 0 aliphatic heterocycles. The molecular weight excluding hydrogens is 921 g/mol. The molecule has 3 heteroatoms. The molecule has 0 saturated carbocycles. The van der Waals surface area contributed by atoms with Crippen LogP contribution < -0.4 is 4.90 Å². The van der Waals surface area contributed by atoms with Crippen LogP contribution in [-0.2, 0) is 5.41 Å². The predicted octanol–water partition coefficient (Wildman–Crippen LogP) is 19.5. The number of hydrogen-bond donors (Lipinski definition) is 0. The molecule has 1 aliphatic carbocycles. The Hall–Kier alpha value is -9.96. The van der Waals surface area contributed by atoms with E-state index in [1.165, 1.54) is 60.8 Å². The van der Waals surface area contributed by atoms with Crippen LogP contribution >= 0.6 is 0 Å². The zero-order valence-electron chi connectivity index (χ0n) is 41.5. The van der Waals surface area contributed by atoms with Gasteiger partial charge in [0.25, 0.3) is 0 Å². The Kier molecular flexibility index (Phi) is 10.1. The third-order valence-electron chi connectivity index (χ3n) is 15.9. The van der Waals surface area contributed by atoms with Crippen LogP contribution in [0.5, 0.6) is 0 Å². The van der Waals surface area contributed by atoms with E-state index in [-0.39, 0.29) is 0 Å². The van der Waals surface area contributed by atoms with E-state index in [9.17, 15) is 0 Å². The second-order valence-electron chi connectivity index (χ2n) is 20.0. The molecule has 76 heavy (non-hydrogen) atoms. The molecule has 0 bridgehead atoms. The zero-order chi connectivity index (χ0) is 50.2. The molecule has 0 fully saturated rings. The highest BCUT2D eigenvalue weighted by Crippen LogP contribution is 2.57. The average molecular weight is 969 g/mol. The van der Waals surface area contributed by atoms with Crippen LogP contribution in [0.2, 0.25) is 0 Å². The topological polar surface area (TPSA) is 21.3 Å². The summed E-state index contributed by atoms with van der Waals surface area (Å²) in [6.45, 7) is 0. The van der Waals surface area contributed by atoms with E-state index in [2.05, 4.69) is 289 Å². The van der Waals surface area contributed by atoms with E-state index in [1.807, 2.05) is 12.1 Å². The second-order valence-corrected chi connectivity index (χ2v) is 20.0. The van der Waals surface area contributed by atoms with Crippen molar-refractivity contribution in [2.75, 3.05) is 4.90 Å².